The fourth-order valence-electron chi connectivity index (χ4n) is 1.50. The van der Waals surface area contributed by atoms with Crippen LogP contribution in [-0.4, -0.2) is 24.3 Å². The van der Waals surface area contributed by atoms with E-state index < -0.39 is 0 Å². The molecule has 0 atom stereocenters. The maximum Gasteiger partial charge on any atom is 0.139 e. The van der Waals surface area contributed by atoms with Gasteiger partial charge in [-0.2, -0.15) is 0 Å². The Morgan fingerprint density at radius 2 is 1.94 bits per heavy atom. The maximum absolute atomic E-state index is 8.33. The highest BCUT2D eigenvalue weighted by Gasteiger charge is 1.95. The normalized spacial score (nSPS) is 11.6. The summed E-state index contributed by atoms with van der Waals surface area (Å²) in [4.78, 5) is 0. The lowest BCUT2D eigenvalue weighted by Gasteiger charge is -2.04. The van der Waals surface area contributed by atoms with Crippen molar-refractivity contribution in [2.45, 2.75) is 25.7 Å². The largest absolute Gasteiger partial charge is 0.409 e. The fourth-order valence-corrected chi connectivity index (χ4v) is 1.50. The molecule has 17 heavy (non-hydrogen) atoms. The quantitative estimate of drug-likeness (QED) is 0.239. The van der Waals surface area contributed by atoms with Gasteiger partial charge in [0, 0.05) is 13.0 Å². The van der Waals surface area contributed by atoms with Crippen LogP contribution in [0.15, 0.2) is 35.5 Å². The smallest absolute Gasteiger partial charge is 0.139 e. The van der Waals surface area contributed by atoms with Crippen molar-refractivity contribution in [3.05, 3.63) is 35.9 Å². The minimum atomic E-state index is 0.286. The number of hydrogen-bond acceptors (Lipinski definition) is 3. The summed E-state index contributed by atoms with van der Waals surface area (Å²) in [5, 5.41) is 11.2. The predicted octanol–water partition coefficient (Wildman–Crippen LogP) is 2.16. The molecular formula is C13H20N2O2. The topological polar surface area (TPSA) is 67.8 Å². The lowest BCUT2D eigenvalue weighted by atomic mass is 10.2. The van der Waals surface area contributed by atoms with Crippen molar-refractivity contribution < 1.29 is 9.94 Å². The van der Waals surface area contributed by atoms with Gasteiger partial charge < -0.3 is 15.7 Å². The Bertz CT molecular complexity index is 325. The van der Waals surface area contributed by atoms with E-state index in [1.807, 2.05) is 18.2 Å². The molecule has 3 N–H and O–H groups in total. The van der Waals surface area contributed by atoms with E-state index in [-0.39, 0.29) is 5.84 Å². The molecule has 0 amide bonds. The number of benzene rings is 1. The zero-order valence-corrected chi connectivity index (χ0v) is 10.0. The number of nitrogens with zero attached hydrogens (tertiary/aromatic N) is 1. The maximum atomic E-state index is 8.33. The van der Waals surface area contributed by atoms with Gasteiger partial charge in [0.15, 0.2) is 0 Å². The van der Waals surface area contributed by atoms with Crippen molar-refractivity contribution >= 4 is 5.84 Å². The first-order chi connectivity index (χ1) is 8.33. The van der Waals surface area contributed by atoms with Crippen molar-refractivity contribution in [2.75, 3.05) is 13.2 Å². The van der Waals surface area contributed by atoms with Gasteiger partial charge in [-0.3, -0.25) is 0 Å². The Kier molecular flexibility index (Phi) is 6.82. The Balaban J connectivity index is 1.95. The van der Waals surface area contributed by atoms with Crippen molar-refractivity contribution in [2.24, 2.45) is 10.9 Å². The van der Waals surface area contributed by atoms with E-state index in [0.717, 1.165) is 32.5 Å². The third-order valence-electron chi connectivity index (χ3n) is 2.48. The van der Waals surface area contributed by atoms with E-state index in [4.69, 9.17) is 15.7 Å². The first-order valence-corrected chi connectivity index (χ1v) is 5.91. The van der Waals surface area contributed by atoms with Crippen LogP contribution >= 0.6 is 0 Å². The molecule has 0 aromatic heterocycles. The number of nitrogens with two attached hydrogens (primary N) is 1. The van der Waals surface area contributed by atoms with Crippen LogP contribution in [-0.2, 0) is 11.2 Å². The van der Waals surface area contributed by atoms with Crippen LogP contribution in [0.5, 0.6) is 0 Å². The second-order valence-corrected chi connectivity index (χ2v) is 3.90. The summed E-state index contributed by atoms with van der Waals surface area (Å²) in [6, 6.07) is 10.3. The summed E-state index contributed by atoms with van der Waals surface area (Å²) in [6.45, 7) is 1.47. The average Bonchev–Trinajstić information content (AvgIpc) is 2.38. The lowest BCUT2D eigenvalue weighted by molar-refractivity contribution is 0.133. The Labute approximate surface area is 102 Å². The summed E-state index contributed by atoms with van der Waals surface area (Å²) in [6.07, 6.45) is 3.39. The van der Waals surface area contributed by atoms with Crippen LogP contribution in [0.1, 0.15) is 24.8 Å². The molecular weight excluding hydrogens is 216 g/mol. The molecule has 1 aromatic rings. The van der Waals surface area contributed by atoms with E-state index in [1.165, 1.54) is 5.56 Å². The van der Waals surface area contributed by atoms with Crippen LogP contribution < -0.4 is 5.73 Å². The van der Waals surface area contributed by atoms with Crippen LogP contribution in [0, 0.1) is 0 Å². The molecule has 0 fully saturated rings. The van der Waals surface area contributed by atoms with E-state index >= 15 is 0 Å². The van der Waals surface area contributed by atoms with Gasteiger partial charge in [-0.05, 0) is 24.8 Å². The molecule has 0 spiro atoms. The standard InChI is InChI=1S/C13H20N2O2/c14-13(15-16)8-4-5-10-17-11-9-12-6-2-1-3-7-12/h1-3,6-7,16H,4-5,8-11H2,(H2,14,15). The van der Waals surface area contributed by atoms with Gasteiger partial charge in [-0.15, -0.1) is 0 Å². The summed E-state index contributed by atoms with van der Waals surface area (Å²) in [5.41, 5.74) is 6.64. The van der Waals surface area contributed by atoms with Crippen molar-refractivity contribution in [1.29, 1.82) is 0 Å². The van der Waals surface area contributed by atoms with Gasteiger partial charge in [0.2, 0.25) is 0 Å². The highest BCUT2D eigenvalue weighted by Crippen LogP contribution is 2.01. The molecule has 0 saturated carbocycles. The third-order valence-corrected chi connectivity index (χ3v) is 2.48. The second kappa shape index (κ2) is 8.58. The summed E-state index contributed by atoms with van der Waals surface area (Å²) in [5.74, 6) is 0.286. The third kappa shape index (κ3) is 6.58. The predicted molar refractivity (Wildman–Crippen MR) is 68.2 cm³/mol. The molecule has 0 aliphatic heterocycles. The Morgan fingerprint density at radius 1 is 1.18 bits per heavy atom. The van der Waals surface area contributed by atoms with Crippen molar-refractivity contribution in [3.8, 4) is 0 Å². The fraction of sp³-hybridized carbons (Fsp3) is 0.462. The minimum Gasteiger partial charge on any atom is -0.409 e. The van der Waals surface area contributed by atoms with E-state index in [1.54, 1.807) is 0 Å². The molecule has 4 heteroatoms. The number of unbranched alkanes of at least 4 members (excludes halogenated alkanes) is 1. The van der Waals surface area contributed by atoms with Crippen LogP contribution in [0.25, 0.3) is 0 Å². The average molecular weight is 236 g/mol. The highest BCUT2D eigenvalue weighted by atomic mass is 16.5. The molecule has 0 radical (unpaired) electrons. The molecule has 0 aliphatic rings. The zero-order valence-electron chi connectivity index (χ0n) is 10.0. The minimum absolute atomic E-state index is 0.286. The molecule has 1 aromatic carbocycles. The zero-order chi connectivity index (χ0) is 12.3. The highest BCUT2D eigenvalue weighted by molar-refractivity contribution is 5.79. The Hall–Kier alpha value is -1.55. The van der Waals surface area contributed by atoms with Gasteiger partial charge in [0.1, 0.15) is 5.84 Å². The van der Waals surface area contributed by atoms with Gasteiger partial charge in [-0.1, -0.05) is 35.5 Å². The number of oxime groups is 1. The molecule has 0 aliphatic carbocycles. The van der Waals surface area contributed by atoms with E-state index in [2.05, 4.69) is 17.3 Å². The van der Waals surface area contributed by atoms with Gasteiger partial charge in [-0.25, -0.2) is 0 Å². The van der Waals surface area contributed by atoms with Crippen LogP contribution in [0.4, 0.5) is 0 Å². The summed E-state index contributed by atoms with van der Waals surface area (Å²) < 4.78 is 5.51. The number of hydrogen-bond donors (Lipinski definition) is 2. The van der Waals surface area contributed by atoms with E-state index in [0.29, 0.717) is 6.42 Å². The molecule has 94 valence electrons. The number of ether oxygens (including phenoxy) is 1. The molecule has 0 bridgehead atoms. The molecule has 0 unspecified atom stereocenters. The molecule has 4 nitrogen and oxygen atoms in total. The van der Waals surface area contributed by atoms with E-state index in [9.17, 15) is 0 Å². The SMILES string of the molecule is N/C(CCCCOCCc1ccccc1)=N/O. The number of amidine groups is 1. The molecule has 1 rings (SSSR count). The van der Waals surface area contributed by atoms with Crippen molar-refractivity contribution in [3.63, 3.8) is 0 Å². The number of rotatable bonds is 8. The van der Waals surface area contributed by atoms with Crippen LogP contribution in [0.3, 0.4) is 0 Å². The summed E-state index contributed by atoms with van der Waals surface area (Å²) >= 11 is 0. The second-order valence-electron chi connectivity index (χ2n) is 3.90. The molecule has 0 saturated heterocycles. The van der Waals surface area contributed by atoms with Gasteiger partial charge in [0.25, 0.3) is 0 Å². The monoisotopic (exact) mass is 236 g/mol. The van der Waals surface area contributed by atoms with Gasteiger partial charge in [0.05, 0.1) is 6.61 Å². The Morgan fingerprint density at radius 3 is 2.65 bits per heavy atom. The first kappa shape index (κ1) is 13.5. The lowest BCUT2D eigenvalue weighted by Crippen LogP contribution is -2.11. The van der Waals surface area contributed by atoms with Crippen LogP contribution in [0.2, 0.25) is 0 Å². The van der Waals surface area contributed by atoms with Crippen molar-refractivity contribution in [1.82, 2.24) is 0 Å². The molecule has 0 heterocycles. The summed E-state index contributed by atoms with van der Waals surface area (Å²) in [7, 11) is 0. The van der Waals surface area contributed by atoms with Gasteiger partial charge >= 0.3 is 0 Å². The first-order valence-electron chi connectivity index (χ1n) is 5.91.